The average molecular weight is 413 g/mol. The van der Waals surface area contributed by atoms with Crippen molar-refractivity contribution in [2.75, 3.05) is 39.7 Å². The van der Waals surface area contributed by atoms with Gasteiger partial charge in [-0.05, 0) is 42.5 Å². The fourth-order valence-corrected chi connectivity index (χ4v) is 2.37. The second-order valence-electron chi connectivity index (χ2n) is 6.40. The third-order valence-electron chi connectivity index (χ3n) is 3.91. The topological polar surface area (TPSA) is 114 Å². The largest absolute Gasteiger partial charge is 0.497 e. The van der Waals surface area contributed by atoms with Gasteiger partial charge >= 0.3 is 5.97 Å². The number of carbonyl (C=O) groups excluding carboxylic acids is 4. The molecular formula is C21H23N3O6. The molecule has 0 fully saturated rings. The zero-order valence-electron chi connectivity index (χ0n) is 16.9. The van der Waals surface area contributed by atoms with E-state index in [-0.39, 0.29) is 12.5 Å². The molecule has 0 saturated heterocycles. The van der Waals surface area contributed by atoms with E-state index in [1.807, 2.05) is 0 Å². The van der Waals surface area contributed by atoms with E-state index >= 15 is 0 Å². The number of benzene rings is 2. The Balaban J connectivity index is 1.75. The van der Waals surface area contributed by atoms with Gasteiger partial charge in [-0.25, -0.2) is 0 Å². The van der Waals surface area contributed by atoms with Crippen molar-refractivity contribution in [1.29, 1.82) is 0 Å². The first kappa shape index (κ1) is 22.4. The van der Waals surface area contributed by atoms with Crippen molar-refractivity contribution in [2.24, 2.45) is 0 Å². The Morgan fingerprint density at radius 3 is 2.30 bits per heavy atom. The van der Waals surface area contributed by atoms with Crippen LogP contribution >= 0.6 is 0 Å². The Hall–Kier alpha value is -3.88. The van der Waals surface area contributed by atoms with E-state index in [2.05, 4.69) is 10.6 Å². The molecule has 0 radical (unpaired) electrons. The van der Waals surface area contributed by atoms with E-state index < -0.39 is 24.4 Å². The monoisotopic (exact) mass is 413 g/mol. The molecule has 9 heteroatoms. The molecule has 0 unspecified atom stereocenters. The zero-order valence-corrected chi connectivity index (χ0v) is 16.9. The second kappa shape index (κ2) is 10.6. The summed E-state index contributed by atoms with van der Waals surface area (Å²) in [4.78, 5) is 49.0. The lowest BCUT2D eigenvalue weighted by Crippen LogP contribution is -2.32. The molecule has 2 aromatic carbocycles. The third kappa shape index (κ3) is 6.62. The van der Waals surface area contributed by atoms with Crippen LogP contribution in [0.1, 0.15) is 20.7 Å². The first-order chi connectivity index (χ1) is 14.3. The SMILES string of the molecule is COc1cccc(C(=O)NCC(=O)OCC(=O)Nc2ccc(C(=O)N(C)C)cc2)c1. The fraction of sp³-hybridized carbons (Fsp3) is 0.238. The van der Waals surface area contributed by atoms with Crippen LogP contribution < -0.4 is 15.4 Å². The Kier molecular flexibility index (Phi) is 7.92. The van der Waals surface area contributed by atoms with E-state index in [4.69, 9.17) is 9.47 Å². The molecule has 0 aliphatic carbocycles. The van der Waals surface area contributed by atoms with Gasteiger partial charge in [-0.1, -0.05) is 6.07 Å². The van der Waals surface area contributed by atoms with E-state index in [0.29, 0.717) is 22.6 Å². The number of carbonyl (C=O) groups is 4. The summed E-state index contributed by atoms with van der Waals surface area (Å²) >= 11 is 0. The Morgan fingerprint density at radius 1 is 0.967 bits per heavy atom. The van der Waals surface area contributed by atoms with Crippen molar-refractivity contribution in [3.8, 4) is 5.75 Å². The number of nitrogens with zero attached hydrogens (tertiary/aromatic N) is 1. The molecule has 30 heavy (non-hydrogen) atoms. The number of esters is 1. The number of amides is 3. The van der Waals surface area contributed by atoms with Crippen molar-refractivity contribution < 1.29 is 28.7 Å². The van der Waals surface area contributed by atoms with Crippen LogP contribution in [0.5, 0.6) is 5.75 Å². The molecule has 0 aromatic heterocycles. The highest BCUT2D eigenvalue weighted by Gasteiger charge is 2.12. The predicted octanol–water partition coefficient (Wildman–Crippen LogP) is 1.31. The molecule has 0 aliphatic rings. The van der Waals surface area contributed by atoms with Crippen LogP contribution in [0.15, 0.2) is 48.5 Å². The number of rotatable bonds is 8. The molecule has 0 bridgehead atoms. The van der Waals surface area contributed by atoms with Crippen molar-refractivity contribution in [3.63, 3.8) is 0 Å². The summed E-state index contributed by atoms with van der Waals surface area (Å²) in [5.74, 6) is -1.41. The van der Waals surface area contributed by atoms with Crippen LogP contribution in [0.4, 0.5) is 5.69 Å². The lowest BCUT2D eigenvalue weighted by atomic mass is 10.2. The van der Waals surface area contributed by atoms with Gasteiger partial charge in [-0.15, -0.1) is 0 Å². The third-order valence-corrected chi connectivity index (χ3v) is 3.91. The minimum absolute atomic E-state index is 0.155. The fourth-order valence-electron chi connectivity index (χ4n) is 2.37. The first-order valence-electron chi connectivity index (χ1n) is 8.99. The maximum absolute atomic E-state index is 12.0. The maximum atomic E-state index is 12.0. The highest BCUT2D eigenvalue weighted by Crippen LogP contribution is 2.12. The molecule has 158 valence electrons. The molecular weight excluding hydrogens is 390 g/mol. The molecule has 0 spiro atoms. The van der Waals surface area contributed by atoms with E-state index in [1.54, 1.807) is 56.6 Å². The molecule has 2 N–H and O–H groups in total. The van der Waals surface area contributed by atoms with Gasteiger partial charge in [-0.3, -0.25) is 19.2 Å². The zero-order chi connectivity index (χ0) is 22.1. The Morgan fingerprint density at radius 2 is 1.67 bits per heavy atom. The van der Waals surface area contributed by atoms with Crippen LogP contribution in [0.25, 0.3) is 0 Å². The number of nitrogens with one attached hydrogen (secondary N) is 2. The van der Waals surface area contributed by atoms with Gasteiger partial charge < -0.3 is 25.0 Å². The van der Waals surface area contributed by atoms with Gasteiger partial charge in [0, 0.05) is 30.9 Å². The summed E-state index contributed by atoms with van der Waals surface area (Å²) in [6.45, 7) is -0.892. The average Bonchev–Trinajstić information content (AvgIpc) is 2.76. The predicted molar refractivity (Wildman–Crippen MR) is 109 cm³/mol. The van der Waals surface area contributed by atoms with E-state index in [1.165, 1.54) is 18.1 Å². The number of hydrogen-bond acceptors (Lipinski definition) is 6. The molecule has 0 saturated carbocycles. The minimum atomic E-state index is -0.756. The van der Waals surface area contributed by atoms with Crippen molar-refractivity contribution in [2.45, 2.75) is 0 Å². The number of anilines is 1. The first-order valence-corrected chi connectivity index (χ1v) is 8.99. The molecule has 2 aromatic rings. The summed E-state index contributed by atoms with van der Waals surface area (Å²) in [5, 5.41) is 4.97. The van der Waals surface area contributed by atoms with Gasteiger partial charge in [0.1, 0.15) is 12.3 Å². The number of hydrogen-bond donors (Lipinski definition) is 2. The van der Waals surface area contributed by atoms with Crippen molar-refractivity contribution >= 4 is 29.4 Å². The summed E-state index contributed by atoms with van der Waals surface area (Å²) in [6.07, 6.45) is 0. The summed E-state index contributed by atoms with van der Waals surface area (Å²) in [6, 6.07) is 12.8. The molecule has 0 aliphatic heterocycles. The van der Waals surface area contributed by atoms with Crippen LogP contribution in [-0.2, 0) is 14.3 Å². The van der Waals surface area contributed by atoms with Crippen LogP contribution in [0.3, 0.4) is 0 Å². The van der Waals surface area contributed by atoms with Gasteiger partial charge in [0.2, 0.25) is 0 Å². The normalized spacial score (nSPS) is 9.97. The lowest BCUT2D eigenvalue weighted by molar-refractivity contribution is -0.146. The van der Waals surface area contributed by atoms with Crippen LogP contribution in [0, 0.1) is 0 Å². The van der Waals surface area contributed by atoms with E-state index in [9.17, 15) is 19.2 Å². The maximum Gasteiger partial charge on any atom is 0.325 e. The van der Waals surface area contributed by atoms with Crippen molar-refractivity contribution in [3.05, 3.63) is 59.7 Å². The molecule has 0 atom stereocenters. The van der Waals surface area contributed by atoms with Crippen molar-refractivity contribution in [1.82, 2.24) is 10.2 Å². The van der Waals surface area contributed by atoms with Crippen LogP contribution in [-0.4, -0.2) is 62.9 Å². The quantitative estimate of drug-likeness (QED) is 0.631. The minimum Gasteiger partial charge on any atom is -0.497 e. The van der Waals surface area contributed by atoms with Gasteiger partial charge in [0.05, 0.1) is 7.11 Å². The highest BCUT2D eigenvalue weighted by atomic mass is 16.5. The standard InChI is InChI=1S/C21H23N3O6/c1-24(2)21(28)14-7-9-16(10-8-14)23-18(25)13-30-19(26)12-22-20(27)15-5-4-6-17(11-15)29-3/h4-11H,12-13H2,1-3H3,(H,22,27)(H,23,25). The van der Waals surface area contributed by atoms with Gasteiger partial charge in [-0.2, -0.15) is 0 Å². The molecule has 2 rings (SSSR count). The lowest BCUT2D eigenvalue weighted by Gasteiger charge is -2.11. The van der Waals surface area contributed by atoms with Gasteiger partial charge in [0.25, 0.3) is 17.7 Å². The number of ether oxygens (including phenoxy) is 2. The summed E-state index contributed by atoms with van der Waals surface area (Å²) in [7, 11) is 4.77. The van der Waals surface area contributed by atoms with Crippen LogP contribution in [0.2, 0.25) is 0 Å². The molecule has 3 amide bonds. The summed E-state index contributed by atoms with van der Waals surface area (Å²) in [5.41, 5.74) is 1.27. The van der Waals surface area contributed by atoms with E-state index in [0.717, 1.165) is 0 Å². The Labute approximate surface area is 174 Å². The smallest absolute Gasteiger partial charge is 0.325 e. The molecule has 9 nitrogen and oxygen atoms in total. The molecule has 0 heterocycles. The Bertz CT molecular complexity index is 925. The van der Waals surface area contributed by atoms with Gasteiger partial charge in [0.15, 0.2) is 6.61 Å². The highest BCUT2D eigenvalue weighted by molar-refractivity contribution is 5.97. The number of methoxy groups -OCH3 is 1. The second-order valence-corrected chi connectivity index (χ2v) is 6.40. The summed E-state index contributed by atoms with van der Waals surface area (Å²) < 4.78 is 9.89.